The first-order valence-electron chi connectivity index (χ1n) is 5.88. The molecule has 1 heterocycles. The van der Waals surface area contributed by atoms with Gasteiger partial charge in [-0.15, -0.1) is 5.10 Å². The zero-order valence-corrected chi connectivity index (χ0v) is 12.0. The fourth-order valence-electron chi connectivity index (χ4n) is 1.95. The number of nitro benzene ring substituents is 1. The van der Waals surface area contributed by atoms with E-state index in [1.807, 2.05) is 20.8 Å². The summed E-state index contributed by atoms with van der Waals surface area (Å²) >= 11 is 5.80. The molecule has 2 rings (SSSR count). The second-order valence-corrected chi connectivity index (χ2v) is 5.79. The minimum absolute atomic E-state index is 0.0733. The molecule has 0 bridgehead atoms. The quantitative estimate of drug-likeness (QED) is 0.678. The number of nitrogen functional groups attached to an aromatic ring is 1. The average molecular weight is 296 g/mol. The largest absolute Gasteiger partial charge is 0.381 e. The smallest absolute Gasteiger partial charge is 0.290 e. The van der Waals surface area contributed by atoms with E-state index in [0.717, 1.165) is 0 Å². The number of halogens is 1. The summed E-state index contributed by atoms with van der Waals surface area (Å²) in [7, 11) is 0. The Labute approximate surface area is 120 Å². The summed E-state index contributed by atoms with van der Waals surface area (Å²) in [6.07, 6.45) is 0. The van der Waals surface area contributed by atoms with Crippen molar-refractivity contribution in [2.24, 2.45) is 0 Å². The molecule has 0 aliphatic rings. The van der Waals surface area contributed by atoms with Crippen LogP contribution in [0.2, 0.25) is 5.02 Å². The van der Waals surface area contributed by atoms with Crippen LogP contribution in [0.1, 0.15) is 26.5 Å². The van der Waals surface area contributed by atoms with Crippen molar-refractivity contribution in [3.63, 3.8) is 0 Å². The summed E-state index contributed by atoms with van der Waals surface area (Å²) < 4.78 is 1.50. The molecule has 0 radical (unpaired) electrons. The maximum atomic E-state index is 10.9. The van der Waals surface area contributed by atoms with Crippen molar-refractivity contribution in [1.29, 1.82) is 0 Å². The molecule has 0 atom stereocenters. The van der Waals surface area contributed by atoms with Gasteiger partial charge in [-0.2, -0.15) is 0 Å². The number of benzene rings is 1. The Kier molecular flexibility index (Phi) is 3.39. The molecule has 1 aromatic heterocycles. The Morgan fingerprint density at radius 1 is 1.40 bits per heavy atom. The van der Waals surface area contributed by atoms with Crippen LogP contribution in [0.15, 0.2) is 18.2 Å². The van der Waals surface area contributed by atoms with Crippen molar-refractivity contribution >= 4 is 23.1 Å². The number of nitrogens with two attached hydrogens (primary N) is 1. The van der Waals surface area contributed by atoms with Gasteiger partial charge < -0.3 is 5.73 Å². The number of nitrogens with zero attached hydrogens (tertiary/aromatic N) is 4. The first-order valence-corrected chi connectivity index (χ1v) is 6.25. The van der Waals surface area contributed by atoms with Crippen molar-refractivity contribution in [3.05, 3.63) is 39.0 Å². The molecule has 2 aromatic rings. The highest BCUT2D eigenvalue weighted by molar-refractivity contribution is 6.32. The lowest BCUT2D eigenvalue weighted by molar-refractivity contribution is -0.384. The molecule has 0 aliphatic carbocycles. The standard InChI is InChI=1S/C12H14ClN5O2/c1-12(2,3)10-11(14)15-16-17(10)7-4-5-8(13)9(6-7)18(19)20/h4-6H,14H2,1-3H3. The van der Waals surface area contributed by atoms with Gasteiger partial charge in [0.15, 0.2) is 5.82 Å². The Hall–Kier alpha value is -2.15. The van der Waals surface area contributed by atoms with Crippen LogP contribution in [-0.2, 0) is 5.41 Å². The number of anilines is 1. The van der Waals surface area contributed by atoms with Crippen LogP contribution in [-0.4, -0.2) is 19.9 Å². The van der Waals surface area contributed by atoms with E-state index in [4.69, 9.17) is 17.3 Å². The minimum Gasteiger partial charge on any atom is -0.381 e. The lowest BCUT2D eigenvalue weighted by atomic mass is 9.91. The fraction of sp³-hybridized carbons (Fsp3) is 0.333. The second-order valence-electron chi connectivity index (χ2n) is 5.38. The van der Waals surface area contributed by atoms with Crippen molar-refractivity contribution < 1.29 is 4.92 Å². The highest BCUT2D eigenvalue weighted by atomic mass is 35.5. The predicted molar refractivity (Wildman–Crippen MR) is 76.1 cm³/mol. The van der Waals surface area contributed by atoms with Gasteiger partial charge in [-0.25, -0.2) is 4.68 Å². The van der Waals surface area contributed by atoms with Gasteiger partial charge in [0.05, 0.1) is 16.3 Å². The van der Waals surface area contributed by atoms with Gasteiger partial charge in [-0.3, -0.25) is 10.1 Å². The number of aromatic nitrogens is 3. The fourth-order valence-corrected chi connectivity index (χ4v) is 2.14. The third-order valence-corrected chi connectivity index (χ3v) is 3.10. The monoisotopic (exact) mass is 295 g/mol. The summed E-state index contributed by atoms with van der Waals surface area (Å²) in [6.45, 7) is 5.88. The molecule has 0 fully saturated rings. The topological polar surface area (TPSA) is 99.9 Å². The van der Waals surface area contributed by atoms with Crippen LogP contribution >= 0.6 is 11.6 Å². The molecule has 1 aromatic carbocycles. The van der Waals surface area contributed by atoms with E-state index in [9.17, 15) is 10.1 Å². The Balaban J connectivity index is 2.64. The summed E-state index contributed by atoms with van der Waals surface area (Å²) in [6, 6.07) is 4.45. The van der Waals surface area contributed by atoms with Gasteiger partial charge in [0.1, 0.15) is 5.02 Å². The van der Waals surface area contributed by atoms with E-state index in [1.54, 1.807) is 6.07 Å². The zero-order valence-electron chi connectivity index (χ0n) is 11.3. The predicted octanol–water partition coefficient (Wildman–Crippen LogP) is 2.71. The van der Waals surface area contributed by atoms with Crippen LogP contribution in [0, 0.1) is 10.1 Å². The van der Waals surface area contributed by atoms with E-state index in [-0.39, 0.29) is 16.1 Å². The highest BCUT2D eigenvalue weighted by Gasteiger charge is 2.26. The Morgan fingerprint density at radius 3 is 2.60 bits per heavy atom. The summed E-state index contributed by atoms with van der Waals surface area (Å²) in [4.78, 5) is 10.4. The van der Waals surface area contributed by atoms with E-state index in [0.29, 0.717) is 17.2 Å². The van der Waals surface area contributed by atoms with Crippen LogP contribution < -0.4 is 5.73 Å². The normalized spacial score (nSPS) is 11.6. The molecule has 0 unspecified atom stereocenters. The van der Waals surface area contributed by atoms with Crippen LogP contribution in [0.5, 0.6) is 0 Å². The third kappa shape index (κ3) is 2.44. The van der Waals surface area contributed by atoms with Crippen molar-refractivity contribution in [2.75, 3.05) is 5.73 Å². The Bertz CT molecular complexity index is 675. The van der Waals surface area contributed by atoms with Crippen molar-refractivity contribution in [1.82, 2.24) is 15.0 Å². The van der Waals surface area contributed by atoms with E-state index in [1.165, 1.54) is 16.8 Å². The number of nitro groups is 1. The summed E-state index contributed by atoms with van der Waals surface area (Å²) in [5, 5.41) is 18.8. The van der Waals surface area contributed by atoms with Gasteiger partial charge in [0, 0.05) is 11.5 Å². The van der Waals surface area contributed by atoms with Crippen LogP contribution in [0.25, 0.3) is 5.69 Å². The number of hydrogen-bond donors (Lipinski definition) is 1. The van der Waals surface area contributed by atoms with E-state index < -0.39 is 4.92 Å². The molecule has 0 spiro atoms. The van der Waals surface area contributed by atoms with Gasteiger partial charge in [-0.05, 0) is 12.1 Å². The zero-order chi connectivity index (χ0) is 15.1. The molecule has 7 nitrogen and oxygen atoms in total. The van der Waals surface area contributed by atoms with Crippen LogP contribution in [0.3, 0.4) is 0 Å². The van der Waals surface area contributed by atoms with E-state index in [2.05, 4.69) is 10.3 Å². The maximum absolute atomic E-state index is 10.9. The van der Waals surface area contributed by atoms with Gasteiger partial charge in [-0.1, -0.05) is 37.6 Å². The minimum atomic E-state index is -0.539. The molecule has 0 saturated carbocycles. The van der Waals surface area contributed by atoms with Gasteiger partial charge >= 0.3 is 0 Å². The summed E-state index contributed by atoms with van der Waals surface area (Å²) in [5.41, 5.74) is 6.54. The third-order valence-electron chi connectivity index (χ3n) is 2.78. The molecule has 8 heteroatoms. The molecule has 0 aliphatic heterocycles. The van der Waals surface area contributed by atoms with Crippen LogP contribution in [0.4, 0.5) is 11.5 Å². The molecule has 0 amide bonds. The second kappa shape index (κ2) is 4.75. The first kappa shape index (κ1) is 14.3. The molecule has 20 heavy (non-hydrogen) atoms. The summed E-state index contributed by atoms with van der Waals surface area (Å²) in [5.74, 6) is 0.301. The van der Waals surface area contributed by atoms with Gasteiger partial charge in [0.25, 0.3) is 5.69 Å². The van der Waals surface area contributed by atoms with Gasteiger partial charge in [0.2, 0.25) is 0 Å². The van der Waals surface area contributed by atoms with Crippen molar-refractivity contribution in [2.45, 2.75) is 26.2 Å². The lowest BCUT2D eigenvalue weighted by Gasteiger charge is -2.20. The molecule has 0 saturated heterocycles. The number of hydrogen-bond acceptors (Lipinski definition) is 5. The first-order chi connectivity index (χ1) is 9.21. The molecular weight excluding hydrogens is 282 g/mol. The SMILES string of the molecule is CC(C)(C)c1c(N)nnn1-c1ccc(Cl)c([N+](=O)[O-])c1. The average Bonchev–Trinajstić information content (AvgIpc) is 2.71. The van der Waals surface area contributed by atoms with E-state index >= 15 is 0 Å². The van der Waals surface area contributed by atoms with Crippen molar-refractivity contribution in [3.8, 4) is 5.69 Å². The molecule has 106 valence electrons. The highest BCUT2D eigenvalue weighted by Crippen LogP contribution is 2.31. The number of rotatable bonds is 2. The maximum Gasteiger partial charge on any atom is 0.290 e. The lowest BCUT2D eigenvalue weighted by Crippen LogP contribution is -2.19. The molecular formula is C12H14ClN5O2. The molecule has 2 N–H and O–H groups in total. The Morgan fingerprint density at radius 2 is 2.05 bits per heavy atom.